The van der Waals surface area contributed by atoms with Crippen molar-refractivity contribution in [3.8, 4) is 0 Å². The van der Waals surface area contributed by atoms with E-state index in [9.17, 15) is 9.59 Å². The van der Waals surface area contributed by atoms with Crippen molar-refractivity contribution in [1.82, 2.24) is 20.5 Å². The van der Waals surface area contributed by atoms with E-state index < -0.39 is 0 Å². The maximum absolute atomic E-state index is 12.7. The normalized spacial score (nSPS) is 22.1. The van der Waals surface area contributed by atoms with E-state index in [1.165, 1.54) is 0 Å². The molecule has 2 aliphatic heterocycles. The molecule has 3 rings (SSSR count). The molecule has 146 valence electrons. The molecule has 2 unspecified atom stereocenters. The standard InChI is InChI=1S/C18H26N4O2.2ClH/c1-13-15(6-2-8-19-13)18(24)22-10-4-5-14(12-22)11-21-17(23)16-7-3-9-20-16;;/h2,6,8,14,16,20H,3-5,7,9-12H2,1H3,(H,21,23);2*1H. The highest BCUT2D eigenvalue weighted by molar-refractivity contribution is 5.95. The van der Waals surface area contributed by atoms with Gasteiger partial charge in [0.2, 0.25) is 5.91 Å². The maximum atomic E-state index is 12.7. The third kappa shape index (κ3) is 5.56. The second kappa shape index (κ2) is 10.7. The molecule has 2 N–H and O–H groups in total. The smallest absolute Gasteiger partial charge is 0.255 e. The predicted molar refractivity (Wildman–Crippen MR) is 106 cm³/mol. The van der Waals surface area contributed by atoms with E-state index in [4.69, 9.17) is 0 Å². The minimum atomic E-state index is -0.0376. The van der Waals surface area contributed by atoms with E-state index in [1.54, 1.807) is 12.3 Å². The summed E-state index contributed by atoms with van der Waals surface area (Å²) in [4.78, 5) is 30.9. The summed E-state index contributed by atoms with van der Waals surface area (Å²) in [6.07, 6.45) is 5.72. The number of carbonyl (C=O) groups excluding carboxylic acids is 2. The van der Waals surface area contributed by atoms with Crippen molar-refractivity contribution in [3.05, 3.63) is 29.6 Å². The van der Waals surface area contributed by atoms with Gasteiger partial charge in [-0.1, -0.05) is 0 Å². The molecule has 0 saturated carbocycles. The van der Waals surface area contributed by atoms with Crippen LogP contribution in [0.3, 0.4) is 0 Å². The minimum absolute atomic E-state index is 0. The number of halogens is 2. The van der Waals surface area contributed by atoms with Gasteiger partial charge < -0.3 is 15.5 Å². The third-order valence-corrected chi connectivity index (χ3v) is 4.99. The van der Waals surface area contributed by atoms with Gasteiger partial charge in [-0.05, 0) is 57.2 Å². The van der Waals surface area contributed by atoms with Gasteiger partial charge in [-0.3, -0.25) is 14.6 Å². The molecule has 0 aromatic carbocycles. The first-order valence-electron chi connectivity index (χ1n) is 8.87. The predicted octanol–water partition coefficient (Wildman–Crippen LogP) is 1.95. The number of piperidine rings is 1. The zero-order chi connectivity index (χ0) is 16.9. The van der Waals surface area contributed by atoms with Crippen LogP contribution in [-0.4, -0.2) is 53.9 Å². The summed E-state index contributed by atoms with van der Waals surface area (Å²) in [5.74, 6) is 0.471. The van der Waals surface area contributed by atoms with E-state index in [1.807, 2.05) is 17.9 Å². The number of aromatic nitrogens is 1. The zero-order valence-corrected chi connectivity index (χ0v) is 16.7. The van der Waals surface area contributed by atoms with Crippen LogP contribution in [0.1, 0.15) is 41.7 Å². The van der Waals surface area contributed by atoms with Crippen molar-refractivity contribution in [2.75, 3.05) is 26.2 Å². The van der Waals surface area contributed by atoms with Crippen LogP contribution < -0.4 is 10.6 Å². The Bertz CT molecular complexity index is 609. The lowest BCUT2D eigenvalue weighted by Crippen LogP contribution is -2.46. The quantitative estimate of drug-likeness (QED) is 0.806. The van der Waals surface area contributed by atoms with Gasteiger partial charge in [0.05, 0.1) is 11.6 Å². The molecule has 1 aromatic rings. The molecule has 0 spiro atoms. The summed E-state index contributed by atoms with van der Waals surface area (Å²) in [7, 11) is 0. The Hall–Kier alpha value is -1.37. The number of likely N-dealkylation sites (tertiary alicyclic amines) is 1. The average molecular weight is 403 g/mol. The van der Waals surface area contributed by atoms with E-state index in [2.05, 4.69) is 15.6 Å². The Morgan fingerprint density at radius 1 is 1.31 bits per heavy atom. The van der Waals surface area contributed by atoms with Crippen molar-refractivity contribution >= 4 is 36.6 Å². The maximum Gasteiger partial charge on any atom is 0.255 e. The molecule has 26 heavy (non-hydrogen) atoms. The van der Waals surface area contributed by atoms with Gasteiger partial charge in [-0.15, -0.1) is 24.8 Å². The Balaban J connectivity index is 0.00000169. The van der Waals surface area contributed by atoms with Crippen LogP contribution in [0.2, 0.25) is 0 Å². The zero-order valence-electron chi connectivity index (χ0n) is 15.1. The fourth-order valence-electron chi connectivity index (χ4n) is 3.57. The highest BCUT2D eigenvalue weighted by Gasteiger charge is 2.27. The van der Waals surface area contributed by atoms with Crippen LogP contribution in [0, 0.1) is 12.8 Å². The number of carbonyl (C=O) groups is 2. The molecule has 0 aliphatic carbocycles. The van der Waals surface area contributed by atoms with Gasteiger partial charge in [-0.25, -0.2) is 0 Å². The van der Waals surface area contributed by atoms with Gasteiger partial charge in [0, 0.05) is 31.5 Å². The van der Waals surface area contributed by atoms with Crippen molar-refractivity contribution in [2.45, 2.75) is 38.6 Å². The van der Waals surface area contributed by atoms with Crippen LogP contribution in [0.5, 0.6) is 0 Å². The highest BCUT2D eigenvalue weighted by atomic mass is 35.5. The van der Waals surface area contributed by atoms with Gasteiger partial charge in [0.25, 0.3) is 5.91 Å². The van der Waals surface area contributed by atoms with Crippen molar-refractivity contribution < 1.29 is 9.59 Å². The molecule has 0 bridgehead atoms. The summed E-state index contributed by atoms with van der Waals surface area (Å²) in [6, 6.07) is 3.60. The lowest BCUT2D eigenvalue weighted by atomic mass is 9.97. The first kappa shape index (κ1) is 22.7. The Kier molecular flexibility index (Phi) is 9.33. The number of hydrogen-bond acceptors (Lipinski definition) is 4. The van der Waals surface area contributed by atoms with Gasteiger partial charge in [0.15, 0.2) is 0 Å². The van der Waals surface area contributed by atoms with Crippen molar-refractivity contribution in [2.24, 2.45) is 5.92 Å². The second-order valence-electron chi connectivity index (χ2n) is 6.79. The third-order valence-electron chi connectivity index (χ3n) is 4.99. The lowest BCUT2D eigenvalue weighted by Gasteiger charge is -2.33. The fraction of sp³-hybridized carbons (Fsp3) is 0.611. The number of pyridine rings is 1. The number of rotatable bonds is 4. The summed E-state index contributed by atoms with van der Waals surface area (Å²) in [5, 5.41) is 6.27. The molecule has 2 amide bonds. The number of nitrogens with one attached hydrogen (secondary N) is 2. The van der Waals surface area contributed by atoms with Crippen LogP contribution >= 0.6 is 24.8 Å². The van der Waals surface area contributed by atoms with Gasteiger partial charge >= 0.3 is 0 Å². The largest absolute Gasteiger partial charge is 0.354 e. The lowest BCUT2D eigenvalue weighted by molar-refractivity contribution is -0.123. The van der Waals surface area contributed by atoms with Gasteiger partial charge in [0.1, 0.15) is 0 Å². The summed E-state index contributed by atoms with van der Waals surface area (Å²) < 4.78 is 0. The fourth-order valence-corrected chi connectivity index (χ4v) is 3.57. The number of aryl methyl sites for hydroxylation is 1. The molecule has 1 aromatic heterocycles. The van der Waals surface area contributed by atoms with E-state index in [0.717, 1.165) is 44.5 Å². The molecule has 8 heteroatoms. The monoisotopic (exact) mass is 402 g/mol. The Morgan fingerprint density at radius 3 is 2.81 bits per heavy atom. The van der Waals surface area contributed by atoms with Gasteiger partial charge in [-0.2, -0.15) is 0 Å². The minimum Gasteiger partial charge on any atom is -0.354 e. The molecular formula is C18H28Cl2N4O2. The van der Waals surface area contributed by atoms with E-state index >= 15 is 0 Å². The first-order valence-corrected chi connectivity index (χ1v) is 8.87. The Labute approximate surface area is 167 Å². The molecule has 3 heterocycles. The number of amides is 2. The van der Waals surface area contributed by atoms with Crippen LogP contribution in [-0.2, 0) is 4.79 Å². The number of hydrogen-bond donors (Lipinski definition) is 2. The molecule has 6 nitrogen and oxygen atoms in total. The summed E-state index contributed by atoms with van der Waals surface area (Å²) >= 11 is 0. The summed E-state index contributed by atoms with van der Waals surface area (Å²) in [5.41, 5.74) is 1.45. The first-order chi connectivity index (χ1) is 11.6. The van der Waals surface area contributed by atoms with Crippen molar-refractivity contribution in [3.63, 3.8) is 0 Å². The highest BCUT2D eigenvalue weighted by Crippen LogP contribution is 2.19. The number of nitrogens with zero attached hydrogens (tertiary/aromatic N) is 2. The van der Waals surface area contributed by atoms with Crippen molar-refractivity contribution in [1.29, 1.82) is 0 Å². The van der Waals surface area contributed by atoms with E-state index in [-0.39, 0.29) is 42.7 Å². The average Bonchev–Trinajstić information content (AvgIpc) is 3.14. The molecular weight excluding hydrogens is 375 g/mol. The van der Waals surface area contributed by atoms with Crippen LogP contribution in [0.25, 0.3) is 0 Å². The van der Waals surface area contributed by atoms with Crippen LogP contribution in [0.4, 0.5) is 0 Å². The summed E-state index contributed by atoms with van der Waals surface area (Å²) in [6.45, 7) is 4.91. The second-order valence-corrected chi connectivity index (χ2v) is 6.79. The Morgan fingerprint density at radius 2 is 2.12 bits per heavy atom. The van der Waals surface area contributed by atoms with E-state index in [0.29, 0.717) is 24.6 Å². The molecule has 2 fully saturated rings. The molecule has 0 radical (unpaired) electrons. The molecule has 2 saturated heterocycles. The van der Waals surface area contributed by atoms with Crippen LogP contribution in [0.15, 0.2) is 18.3 Å². The molecule has 2 aliphatic rings. The SMILES string of the molecule is Cc1ncccc1C(=O)N1CCCC(CNC(=O)C2CCCN2)C1.Cl.Cl. The topological polar surface area (TPSA) is 74.3 Å². The molecule has 2 atom stereocenters.